The Hall–Kier alpha value is -1.82. The molecule has 3 nitrogen and oxygen atoms in total. The van der Waals surface area contributed by atoms with Crippen molar-refractivity contribution in [2.75, 3.05) is 0 Å². The zero-order chi connectivity index (χ0) is 10.8. The van der Waals surface area contributed by atoms with Gasteiger partial charge in [0, 0.05) is 12.4 Å². The van der Waals surface area contributed by atoms with Crippen LogP contribution < -0.4 is 0 Å². The highest BCUT2D eigenvalue weighted by molar-refractivity contribution is 5.82. The van der Waals surface area contributed by atoms with E-state index in [1.807, 2.05) is 23.9 Å². The Bertz CT molecular complexity index is 532. The Balaban J connectivity index is 2.62. The first-order chi connectivity index (χ1) is 7.26. The van der Waals surface area contributed by atoms with E-state index in [1.165, 1.54) is 5.39 Å². The Morgan fingerprint density at radius 3 is 2.93 bits per heavy atom. The average molecular weight is 199 g/mol. The summed E-state index contributed by atoms with van der Waals surface area (Å²) in [6, 6.07) is 8.28. The van der Waals surface area contributed by atoms with Crippen molar-refractivity contribution < 1.29 is 0 Å². The number of rotatable bonds is 2. The van der Waals surface area contributed by atoms with Crippen LogP contribution in [0, 0.1) is 11.3 Å². The SMILES string of the molecule is CCc1nn(C)c2cc(CC#N)ccc12. The molecule has 0 aliphatic rings. The van der Waals surface area contributed by atoms with Crippen LogP contribution in [0.2, 0.25) is 0 Å². The van der Waals surface area contributed by atoms with Gasteiger partial charge < -0.3 is 0 Å². The lowest BCUT2D eigenvalue weighted by Crippen LogP contribution is -1.91. The van der Waals surface area contributed by atoms with Crippen molar-refractivity contribution in [2.24, 2.45) is 7.05 Å². The van der Waals surface area contributed by atoms with E-state index in [4.69, 9.17) is 5.26 Å². The summed E-state index contributed by atoms with van der Waals surface area (Å²) in [5.74, 6) is 0. The van der Waals surface area contributed by atoms with E-state index in [9.17, 15) is 0 Å². The number of hydrogen-bond acceptors (Lipinski definition) is 2. The maximum Gasteiger partial charge on any atom is 0.0700 e. The zero-order valence-corrected chi connectivity index (χ0v) is 8.99. The molecule has 2 rings (SSSR count). The fourth-order valence-corrected chi connectivity index (χ4v) is 1.84. The van der Waals surface area contributed by atoms with Crippen molar-refractivity contribution in [1.82, 2.24) is 9.78 Å². The molecule has 0 fully saturated rings. The molecule has 0 amide bonds. The van der Waals surface area contributed by atoms with Crippen LogP contribution in [0.1, 0.15) is 18.2 Å². The van der Waals surface area contributed by atoms with Crippen LogP contribution in [0.25, 0.3) is 10.9 Å². The largest absolute Gasteiger partial charge is 0.268 e. The molecule has 3 heteroatoms. The third-order valence-electron chi connectivity index (χ3n) is 2.61. The molecule has 0 aliphatic heterocycles. The quantitative estimate of drug-likeness (QED) is 0.744. The van der Waals surface area contributed by atoms with Crippen LogP contribution in [0.15, 0.2) is 18.2 Å². The van der Waals surface area contributed by atoms with Crippen molar-refractivity contribution >= 4 is 10.9 Å². The van der Waals surface area contributed by atoms with Gasteiger partial charge in [0.2, 0.25) is 0 Å². The second-order valence-corrected chi connectivity index (χ2v) is 3.61. The minimum absolute atomic E-state index is 0.461. The van der Waals surface area contributed by atoms with E-state index < -0.39 is 0 Å². The summed E-state index contributed by atoms with van der Waals surface area (Å²) in [7, 11) is 1.94. The van der Waals surface area contributed by atoms with Crippen LogP contribution in [-0.2, 0) is 19.9 Å². The molecule has 0 spiro atoms. The van der Waals surface area contributed by atoms with Crippen LogP contribution in [0.3, 0.4) is 0 Å². The summed E-state index contributed by atoms with van der Waals surface area (Å²) < 4.78 is 1.88. The average Bonchev–Trinajstić information content (AvgIpc) is 2.56. The molecule has 0 aliphatic carbocycles. The highest BCUT2D eigenvalue weighted by Gasteiger charge is 2.06. The normalized spacial score (nSPS) is 10.5. The molecule has 0 N–H and O–H groups in total. The summed E-state index contributed by atoms with van der Waals surface area (Å²) in [5.41, 5.74) is 3.28. The summed E-state index contributed by atoms with van der Waals surface area (Å²) >= 11 is 0. The van der Waals surface area contributed by atoms with E-state index >= 15 is 0 Å². The molecular weight excluding hydrogens is 186 g/mol. The van der Waals surface area contributed by atoms with E-state index in [-0.39, 0.29) is 0 Å². The molecular formula is C12H13N3. The van der Waals surface area contributed by atoms with Gasteiger partial charge >= 0.3 is 0 Å². The molecule has 0 saturated carbocycles. The second-order valence-electron chi connectivity index (χ2n) is 3.61. The summed E-state index contributed by atoms with van der Waals surface area (Å²) in [4.78, 5) is 0. The van der Waals surface area contributed by atoms with E-state index in [2.05, 4.69) is 24.2 Å². The predicted octanol–water partition coefficient (Wildman–Crippen LogP) is 2.20. The maximum atomic E-state index is 8.64. The standard InChI is InChI=1S/C12H13N3/c1-3-11-10-5-4-9(6-7-13)8-12(10)15(2)14-11/h4-5,8H,3,6H2,1-2H3. The van der Waals surface area contributed by atoms with Gasteiger partial charge in [-0.2, -0.15) is 10.4 Å². The molecule has 1 aromatic heterocycles. The van der Waals surface area contributed by atoms with E-state index in [0.717, 1.165) is 23.2 Å². The van der Waals surface area contributed by atoms with Crippen molar-refractivity contribution in [3.05, 3.63) is 29.5 Å². The van der Waals surface area contributed by atoms with Crippen LogP contribution in [-0.4, -0.2) is 9.78 Å². The van der Waals surface area contributed by atoms with Crippen LogP contribution >= 0.6 is 0 Å². The Morgan fingerprint density at radius 2 is 2.27 bits per heavy atom. The molecule has 1 heterocycles. The smallest absolute Gasteiger partial charge is 0.0700 e. The number of nitriles is 1. The first-order valence-electron chi connectivity index (χ1n) is 5.07. The number of aromatic nitrogens is 2. The number of hydrogen-bond donors (Lipinski definition) is 0. The van der Waals surface area contributed by atoms with Gasteiger partial charge in [0.15, 0.2) is 0 Å². The summed E-state index contributed by atoms with van der Waals surface area (Å²) in [5, 5.41) is 14.3. The monoisotopic (exact) mass is 199 g/mol. The summed E-state index contributed by atoms with van der Waals surface area (Å²) in [6.45, 7) is 2.10. The molecule has 0 bridgehead atoms. The van der Waals surface area contributed by atoms with Crippen LogP contribution in [0.5, 0.6) is 0 Å². The van der Waals surface area contributed by atoms with Crippen molar-refractivity contribution in [1.29, 1.82) is 5.26 Å². The zero-order valence-electron chi connectivity index (χ0n) is 8.99. The lowest BCUT2D eigenvalue weighted by Gasteiger charge is -1.97. The highest BCUT2D eigenvalue weighted by atomic mass is 15.3. The molecule has 0 radical (unpaired) electrons. The number of aryl methyl sites for hydroxylation is 2. The van der Waals surface area contributed by atoms with Gasteiger partial charge in [-0.15, -0.1) is 0 Å². The number of fused-ring (bicyclic) bond motifs is 1. The first kappa shape index (κ1) is 9.72. The Morgan fingerprint density at radius 1 is 1.47 bits per heavy atom. The van der Waals surface area contributed by atoms with Gasteiger partial charge in [-0.25, -0.2) is 0 Å². The van der Waals surface area contributed by atoms with Gasteiger partial charge in [-0.1, -0.05) is 19.1 Å². The fourth-order valence-electron chi connectivity index (χ4n) is 1.84. The topological polar surface area (TPSA) is 41.6 Å². The molecule has 1 aromatic carbocycles. The number of nitrogens with zero attached hydrogens (tertiary/aromatic N) is 3. The highest BCUT2D eigenvalue weighted by Crippen LogP contribution is 2.20. The third kappa shape index (κ3) is 1.59. The van der Waals surface area contributed by atoms with Crippen molar-refractivity contribution in [3.8, 4) is 6.07 Å². The first-order valence-corrected chi connectivity index (χ1v) is 5.07. The van der Waals surface area contributed by atoms with Gasteiger partial charge in [-0.3, -0.25) is 4.68 Å². The fraction of sp³-hybridized carbons (Fsp3) is 0.333. The van der Waals surface area contributed by atoms with Crippen molar-refractivity contribution in [3.63, 3.8) is 0 Å². The maximum absolute atomic E-state index is 8.64. The molecule has 76 valence electrons. The van der Waals surface area contributed by atoms with Gasteiger partial charge in [-0.05, 0) is 18.1 Å². The Kier molecular flexibility index (Phi) is 2.42. The molecule has 0 atom stereocenters. The second kappa shape index (κ2) is 3.74. The predicted molar refractivity (Wildman–Crippen MR) is 59.4 cm³/mol. The van der Waals surface area contributed by atoms with E-state index in [1.54, 1.807) is 0 Å². The van der Waals surface area contributed by atoms with Gasteiger partial charge in [0.25, 0.3) is 0 Å². The van der Waals surface area contributed by atoms with E-state index in [0.29, 0.717) is 6.42 Å². The minimum atomic E-state index is 0.461. The van der Waals surface area contributed by atoms with Crippen molar-refractivity contribution in [2.45, 2.75) is 19.8 Å². The van der Waals surface area contributed by atoms with Gasteiger partial charge in [0.05, 0.1) is 23.7 Å². The molecule has 15 heavy (non-hydrogen) atoms. The molecule has 2 aromatic rings. The van der Waals surface area contributed by atoms with Crippen LogP contribution in [0.4, 0.5) is 0 Å². The lowest BCUT2D eigenvalue weighted by atomic mass is 10.1. The Labute approximate surface area is 88.9 Å². The summed E-state index contributed by atoms with van der Waals surface area (Å²) in [6.07, 6.45) is 1.40. The third-order valence-corrected chi connectivity index (χ3v) is 2.61. The lowest BCUT2D eigenvalue weighted by molar-refractivity contribution is 0.770. The molecule has 0 unspecified atom stereocenters. The number of benzene rings is 1. The molecule has 0 saturated heterocycles. The minimum Gasteiger partial charge on any atom is -0.268 e. The van der Waals surface area contributed by atoms with Gasteiger partial charge in [0.1, 0.15) is 0 Å².